The third-order valence-corrected chi connectivity index (χ3v) is 6.17. The van der Waals surface area contributed by atoms with Crippen molar-refractivity contribution in [1.29, 1.82) is 0 Å². The monoisotopic (exact) mass is 467 g/mol. The van der Waals surface area contributed by atoms with Gasteiger partial charge in [0.25, 0.3) is 11.8 Å². The van der Waals surface area contributed by atoms with E-state index in [-0.39, 0.29) is 18.7 Å². The van der Waals surface area contributed by atoms with Gasteiger partial charge in [-0.1, -0.05) is 22.6 Å². The van der Waals surface area contributed by atoms with E-state index in [1.807, 2.05) is 6.07 Å². The zero-order valence-corrected chi connectivity index (χ0v) is 16.2. The molecule has 2 unspecified atom stereocenters. The van der Waals surface area contributed by atoms with Crippen LogP contribution in [0.2, 0.25) is 0 Å². The molecule has 0 aliphatic carbocycles. The van der Waals surface area contributed by atoms with E-state index in [0.29, 0.717) is 15.1 Å². The predicted molar refractivity (Wildman–Crippen MR) is 102 cm³/mol. The van der Waals surface area contributed by atoms with E-state index in [1.54, 1.807) is 12.1 Å². The number of benzene rings is 1. The number of carbonyl (C=O) groups is 4. The molecule has 0 saturated carbocycles. The molecule has 2 saturated heterocycles. The van der Waals surface area contributed by atoms with Crippen LogP contribution in [0.1, 0.15) is 46.4 Å². The Kier molecular flexibility index (Phi) is 4.45. The first-order valence-electron chi connectivity index (χ1n) is 8.70. The van der Waals surface area contributed by atoms with Gasteiger partial charge >= 0.3 is 0 Å². The molecule has 2 fully saturated rings. The Morgan fingerprint density at radius 2 is 1.81 bits per heavy atom. The van der Waals surface area contributed by atoms with Gasteiger partial charge in [-0.15, -0.1) is 0 Å². The molecule has 4 rings (SSSR count). The van der Waals surface area contributed by atoms with E-state index in [0.717, 1.165) is 30.1 Å². The summed E-state index contributed by atoms with van der Waals surface area (Å²) in [6.45, 7) is 1.84. The molecule has 2 atom stereocenters. The van der Waals surface area contributed by atoms with Crippen LogP contribution in [0, 0.1) is 0 Å². The predicted octanol–water partition coefficient (Wildman–Crippen LogP) is 1.49. The smallest absolute Gasteiger partial charge is 0.262 e. The first-order valence-corrected chi connectivity index (χ1v) is 9.95. The molecule has 3 heterocycles. The Bertz CT molecular complexity index is 825. The van der Waals surface area contributed by atoms with E-state index in [1.165, 1.54) is 6.42 Å². The molecule has 0 aromatic heterocycles. The largest absolute Gasteiger partial charge is 0.370 e. The Balaban J connectivity index is 1.62. The molecule has 26 heavy (non-hydrogen) atoms. The van der Waals surface area contributed by atoms with Gasteiger partial charge < -0.3 is 4.90 Å². The van der Waals surface area contributed by atoms with E-state index in [4.69, 9.17) is 0 Å². The number of amides is 4. The van der Waals surface area contributed by atoms with Gasteiger partial charge in [-0.2, -0.15) is 0 Å². The third kappa shape index (κ3) is 2.89. The fourth-order valence-electron chi connectivity index (χ4n) is 3.82. The Morgan fingerprint density at radius 3 is 2.54 bits per heavy atom. The summed E-state index contributed by atoms with van der Waals surface area (Å²) in [6, 6.07) is 4.38. The molecule has 7 nitrogen and oxygen atoms in total. The quantitative estimate of drug-likeness (QED) is 0.405. The summed E-state index contributed by atoms with van der Waals surface area (Å²) in [5, 5.41) is 2.21. The number of nitrogens with one attached hydrogen (secondary N) is 1. The summed E-state index contributed by atoms with van der Waals surface area (Å²) in [7, 11) is 0. The molecule has 1 aromatic carbocycles. The lowest BCUT2D eigenvalue weighted by molar-refractivity contribution is -0.136. The molecule has 3 aliphatic rings. The number of piperidine rings is 2. The van der Waals surface area contributed by atoms with Gasteiger partial charge in [0.05, 0.1) is 11.1 Å². The van der Waals surface area contributed by atoms with Gasteiger partial charge in [0.15, 0.2) is 0 Å². The molecule has 4 amide bonds. The van der Waals surface area contributed by atoms with E-state index in [2.05, 4.69) is 32.8 Å². The molecule has 3 aliphatic heterocycles. The minimum Gasteiger partial charge on any atom is -0.370 e. The first kappa shape index (κ1) is 17.4. The van der Waals surface area contributed by atoms with Crippen molar-refractivity contribution in [3.05, 3.63) is 29.3 Å². The standard InChI is InChI=1S/C18H18IN3O4/c19-10-2-1-7-21(9-10)11-3-4-12-13(8-11)18(26)22(17(12)25)14-5-6-15(23)20-16(14)24/h3-4,8,10,14H,1-2,5-7,9H2,(H,20,23,24). The number of anilines is 1. The maximum atomic E-state index is 12.9. The van der Waals surface area contributed by atoms with Crippen molar-refractivity contribution in [3.63, 3.8) is 0 Å². The molecule has 136 valence electrons. The average molecular weight is 467 g/mol. The maximum absolute atomic E-state index is 12.9. The molecule has 0 bridgehead atoms. The molecule has 0 spiro atoms. The summed E-state index contributed by atoms with van der Waals surface area (Å²) in [5.41, 5.74) is 1.59. The summed E-state index contributed by atoms with van der Waals surface area (Å²) in [6.07, 6.45) is 2.58. The van der Waals surface area contributed by atoms with E-state index in [9.17, 15) is 19.2 Å². The Labute approximate surface area is 164 Å². The summed E-state index contributed by atoms with van der Waals surface area (Å²) < 4.78 is 0.562. The summed E-state index contributed by atoms with van der Waals surface area (Å²) >= 11 is 2.44. The Morgan fingerprint density at radius 1 is 1.04 bits per heavy atom. The van der Waals surface area contributed by atoms with Crippen LogP contribution in [0.15, 0.2) is 18.2 Å². The lowest BCUT2D eigenvalue weighted by Gasteiger charge is -2.32. The van der Waals surface area contributed by atoms with Crippen LogP contribution >= 0.6 is 22.6 Å². The minimum absolute atomic E-state index is 0.125. The topological polar surface area (TPSA) is 86.8 Å². The van der Waals surface area contributed by atoms with Gasteiger partial charge in [-0.05, 0) is 37.5 Å². The van der Waals surface area contributed by atoms with Crippen LogP contribution in [0.3, 0.4) is 0 Å². The third-order valence-electron chi connectivity index (χ3n) is 5.15. The number of carbonyl (C=O) groups excluding carboxylic acids is 4. The molecule has 0 radical (unpaired) electrons. The highest BCUT2D eigenvalue weighted by Crippen LogP contribution is 2.32. The Hall–Kier alpha value is -1.97. The van der Waals surface area contributed by atoms with E-state index >= 15 is 0 Å². The zero-order chi connectivity index (χ0) is 18.4. The first-order chi connectivity index (χ1) is 12.5. The number of halogens is 1. The highest BCUT2D eigenvalue weighted by molar-refractivity contribution is 14.1. The van der Waals surface area contributed by atoms with Gasteiger partial charge in [0, 0.05) is 29.1 Å². The summed E-state index contributed by atoms with van der Waals surface area (Å²) in [5.74, 6) is -1.87. The highest BCUT2D eigenvalue weighted by atomic mass is 127. The number of rotatable bonds is 2. The minimum atomic E-state index is -0.919. The number of fused-ring (bicyclic) bond motifs is 1. The van der Waals surface area contributed by atoms with Crippen molar-refractivity contribution in [1.82, 2.24) is 10.2 Å². The van der Waals surface area contributed by atoms with Gasteiger partial charge in [0.2, 0.25) is 11.8 Å². The second-order valence-electron chi connectivity index (χ2n) is 6.86. The SMILES string of the molecule is O=C1CCC(N2C(=O)c3ccc(N4CCCC(I)C4)cc3C2=O)C(=O)N1. The van der Waals surface area contributed by atoms with Crippen molar-refractivity contribution in [2.45, 2.75) is 35.6 Å². The average Bonchev–Trinajstić information content (AvgIpc) is 2.86. The zero-order valence-electron chi connectivity index (χ0n) is 14.0. The van der Waals surface area contributed by atoms with Crippen LogP contribution in [-0.2, 0) is 9.59 Å². The van der Waals surface area contributed by atoms with Crippen molar-refractivity contribution in [3.8, 4) is 0 Å². The second kappa shape index (κ2) is 6.64. The van der Waals surface area contributed by atoms with Crippen molar-refractivity contribution in [2.24, 2.45) is 0 Å². The normalized spacial score (nSPS) is 26.2. The number of alkyl halides is 1. The molecular weight excluding hydrogens is 449 g/mol. The van der Waals surface area contributed by atoms with Crippen molar-refractivity contribution < 1.29 is 19.2 Å². The molecule has 1 N–H and O–H groups in total. The van der Waals surface area contributed by atoms with Gasteiger partial charge in [-0.25, -0.2) is 0 Å². The number of hydrogen-bond acceptors (Lipinski definition) is 5. The van der Waals surface area contributed by atoms with Crippen LogP contribution in [0.4, 0.5) is 5.69 Å². The van der Waals surface area contributed by atoms with Gasteiger partial charge in [-0.3, -0.25) is 29.4 Å². The van der Waals surface area contributed by atoms with Crippen LogP contribution in [-0.4, -0.2) is 51.6 Å². The number of imide groups is 2. The summed E-state index contributed by atoms with van der Waals surface area (Å²) in [4.78, 5) is 52.2. The van der Waals surface area contributed by atoms with E-state index < -0.39 is 23.8 Å². The molecular formula is C18H18IN3O4. The van der Waals surface area contributed by atoms with Crippen molar-refractivity contribution >= 4 is 51.9 Å². The van der Waals surface area contributed by atoms with Crippen LogP contribution in [0.25, 0.3) is 0 Å². The maximum Gasteiger partial charge on any atom is 0.262 e. The lowest BCUT2D eigenvalue weighted by Crippen LogP contribution is -2.54. The lowest BCUT2D eigenvalue weighted by atomic mass is 10.0. The van der Waals surface area contributed by atoms with Crippen LogP contribution < -0.4 is 10.2 Å². The fourth-order valence-corrected chi connectivity index (χ4v) is 4.73. The fraction of sp³-hybridized carbons (Fsp3) is 0.444. The molecule has 1 aromatic rings. The van der Waals surface area contributed by atoms with Gasteiger partial charge in [0.1, 0.15) is 6.04 Å². The van der Waals surface area contributed by atoms with Crippen LogP contribution in [0.5, 0.6) is 0 Å². The highest BCUT2D eigenvalue weighted by Gasteiger charge is 2.44. The van der Waals surface area contributed by atoms with Crippen molar-refractivity contribution in [2.75, 3.05) is 18.0 Å². The number of hydrogen-bond donors (Lipinski definition) is 1. The second-order valence-corrected chi connectivity index (χ2v) is 8.62. The number of nitrogens with zero attached hydrogens (tertiary/aromatic N) is 2. The molecule has 8 heteroatoms.